The fourth-order valence-electron chi connectivity index (χ4n) is 0.729. The zero-order chi connectivity index (χ0) is 10.9. The van der Waals surface area contributed by atoms with E-state index in [2.05, 4.69) is 44.8 Å². The molecule has 0 aromatic heterocycles. The van der Waals surface area contributed by atoms with E-state index in [0.717, 1.165) is 12.3 Å². The van der Waals surface area contributed by atoms with Crippen molar-refractivity contribution in [3.8, 4) is 0 Å². The van der Waals surface area contributed by atoms with E-state index in [0.29, 0.717) is 0 Å². The fourth-order valence-corrected chi connectivity index (χ4v) is 0.729. The van der Waals surface area contributed by atoms with Crippen LogP contribution in [0.2, 0.25) is 0 Å². The standard InChI is InChI=1S/C8H17.Mo.H3O2PS2/c1-4-5-6-7-8(2)3;;1-3(2,4)5/h8H,1,4-7H2,2-3H3;;(H3,1,2,4,5)/q-1;+4;/p-3. The Morgan fingerprint density at radius 3 is 1.93 bits per heavy atom. The van der Waals surface area contributed by atoms with Crippen molar-refractivity contribution in [1.82, 2.24) is 0 Å². The zero-order valence-electron chi connectivity index (χ0n) is 8.60. The van der Waals surface area contributed by atoms with Crippen LogP contribution in [0.25, 0.3) is 0 Å². The molecule has 0 aliphatic carbocycles. The van der Waals surface area contributed by atoms with Crippen molar-refractivity contribution in [2.75, 3.05) is 0 Å². The van der Waals surface area contributed by atoms with Gasteiger partial charge in [-0.15, -0.1) is 0 Å². The normalized spacial score (nSPS) is 10.2. The van der Waals surface area contributed by atoms with E-state index >= 15 is 0 Å². The van der Waals surface area contributed by atoms with Crippen LogP contribution in [0.3, 0.4) is 0 Å². The first kappa shape index (κ1) is 21.0. The van der Waals surface area contributed by atoms with Crippen molar-refractivity contribution in [2.24, 2.45) is 5.92 Å². The van der Waals surface area contributed by atoms with Crippen molar-refractivity contribution < 1.29 is 30.9 Å². The molecule has 6 heteroatoms. The summed E-state index contributed by atoms with van der Waals surface area (Å²) in [5, 5.41) is 0. The van der Waals surface area contributed by atoms with E-state index in [1.54, 1.807) is 0 Å². The maximum absolute atomic E-state index is 9.29. The van der Waals surface area contributed by atoms with Crippen molar-refractivity contribution in [1.29, 1.82) is 0 Å². The third-order valence-electron chi connectivity index (χ3n) is 1.28. The second-order valence-corrected chi connectivity index (χ2v) is 7.66. The van der Waals surface area contributed by atoms with E-state index < -0.39 is 5.69 Å². The molecule has 0 N–H and O–H groups in total. The summed E-state index contributed by atoms with van der Waals surface area (Å²) in [6, 6.07) is 0. The van der Waals surface area contributed by atoms with Crippen LogP contribution in [0.15, 0.2) is 0 Å². The molecule has 14 heavy (non-hydrogen) atoms. The van der Waals surface area contributed by atoms with Crippen molar-refractivity contribution in [3.05, 3.63) is 6.92 Å². The number of hydrogen-bond donors (Lipinski definition) is 0. The first-order chi connectivity index (χ1) is 5.77. The molecule has 0 spiro atoms. The first-order valence-corrected chi connectivity index (χ1v) is 7.94. The number of unbranched alkanes of at least 4 members (excludes halogenated alkanes) is 2. The maximum Gasteiger partial charge on any atom is 4.00 e. The van der Waals surface area contributed by atoms with Gasteiger partial charge in [-0.2, -0.15) is 18.2 Å². The second kappa shape index (κ2) is 12.7. The molecule has 0 saturated heterocycles. The van der Waals surface area contributed by atoms with Gasteiger partial charge in [-0.3, -0.25) is 0 Å². The summed E-state index contributed by atoms with van der Waals surface area (Å²) in [6.45, 7) is 8.32. The molecule has 0 atom stereocenters. The molecule has 0 aromatic carbocycles. The molecule has 0 aliphatic heterocycles. The van der Waals surface area contributed by atoms with Crippen LogP contribution in [0.5, 0.6) is 0 Å². The third kappa shape index (κ3) is 49.5. The first-order valence-electron chi connectivity index (χ1n) is 4.29. The van der Waals surface area contributed by atoms with Gasteiger partial charge in [0, 0.05) is 0 Å². The summed E-state index contributed by atoms with van der Waals surface area (Å²) in [5.41, 5.74) is -3.72. The topological polar surface area (TPSA) is 46.1 Å². The van der Waals surface area contributed by atoms with Crippen LogP contribution in [0.4, 0.5) is 0 Å². The fraction of sp³-hybridized carbons (Fsp3) is 0.875. The molecule has 84 valence electrons. The van der Waals surface area contributed by atoms with Gasteiger partial charge in [0.1, 0.15) is 0 Å². The second-order valence-electron chi connectivity index (χ2n) is 3.19. The van der Waals surface area contributed by atoms with Crippen LogP contribution in [-0.2, 0) is 45.1 Å². The van der Waals surface area contributed by atoms with Gasteiger partial charge in [0.2, 0.25) is 0 Å². The molecule has 0 fully saturated rings. The minimum absolute atomic E-state index is 0. The third-order valence-corrected chi connectivity index (χ3v) is 1.28. The molecule has 0 unspecified atom stereocenters. The quantitative estimate of drug-likeness (QED) is 0.257. The van der Waals surface area contributed by atoms with Crippen LogP contribution in [-0.4, -0.2) is 0 Å². The van der Waals surface area contributed by atoms with Gasteiger partial charge in [0.15, 0.2) is 0 Å². The number of hydrogen-bond acceptors (Lipinski definition) is 4. The SMILES string of the molecule is [CH2-]CCCCC(C)C.[Mo+4].[O-]P([O-])(=S)[S-]. The smallest absolute Gasteiger partial charge is 0.850 e. The van der Waals surface area contributed by atoms with E-state index in [4.69, 9.17) is 0 Å². The Kier molecular flexibility index (Phi) is 19.0. The van der Waals surface area contributed by atoms with Gasteiger partial charge in [-0.25, -0.2) is 0 Å². The summed E-state index contributed by atoms with van der Waals surface area (Å²) in [7, 11) is 0. The van der Waals surface area contributed by atoms with Gasteiger partial charge in [0.25, 0.3) is 0 Å². The van der Waals surface area contributed by atoms with Gasteiger partial charge in [-0.1, -0.05) is 33.1 Å². The average molecular weight is 336 g/mol. The van der Waals surface area contributed by atoms with Gasteiger partial charge < -0.3 is 34.7 Å². The summed E-state index contributed by atoms with van der Waals surface area (Å²) < 4.78 is 0. The summed E-state index contributed by atoms with van der Waals surface area (Å²) in [5.74, 6) is 0.876. The molecular formula is C8H17MoO2PS2. The Morgan fingerprint density at radius 2 is 1.71 bits per heavy atom. The van der Waals surface area contributed by atoms with Crippen molar-refractivity contribution in [3.63, 3.8) is 0 Å². The largest absolute Gasteiger partial charge is 4.00 e. The van der Waals surface area contributed by atoms with E-state index in [9.17, 15) is 9.79 Å². The molecule has 0 rings (SSSR count). The molecule has 0 aliphatic rings. The van der Waals surface area contributed by atoms with Gasteiger partial charge >= 0.3 is 21.1 Å². The Bertz CT molecular complexity index is 142. The minimum Gasteiger partial charge on any atom is -0.850 e. The molecule has 0 heterocycles. The molecule has 0 bridgehead atoms. The Hall–Kier alpha value is 1.61. The molecule has 0 saturated carbocycles. The molecule has 0 radical (unpaired) electrons. The van der Waals surface area contributed by atoms with Crippen LogP contribution in [0.1, 0.15) is 39.5 Å². The van der Waals surface area contributed by atoms with Crippen LogP contribution >= 0.6 is 5.69 Å². The molecular weight excluding hydrogens is 319 g/mol. The molecule has 2 nitrogen and oxygen atoms in total. The zero-order valence-corrected chi connectivity index (χ0v) is 13.1. The number of rotatable bonds is 4. The van der Waals surface area contributed by atoms with Crippen molar-refractivity contribution >= 4 is 29.7 Å². The Balaban J connectivity index is -0.000000177. The Labute approximate surface area is 112 Å². The average Bonchev–Trinajstić information content (AvgIpc) is 1.83. The monoisotopic (exact) mass is 338 g/mol. The minimum atomic E-state index is -3.72. The predicted molar refractivity (Wildman–Crippen MR) is 60.3 cm³/mol. The van der Waals surface area contributed by atoms with Crippen molar-refractivity contribution in [2.45, 2.75) is 39.5 Å². The molecule has 0 aromatic rings. The van der Waals surface area contributed by atoms with Gasteiger partial charge in [-0.05, 0) is 5.92 Å². The van der Waals surface area contributed by atoms with Gasteiger partial charge in [0.05, 0.1) is 0 Å². The van der Waals surface area contributed by atoms with E-state index in [-0.39, 0.29) is 21.1 Å². The van der Waals surface area contributed by atoms with E-state index in [1.165, 1.54) is 19.3 Å². The predicted octanol–water partition coefficient (Wildman–Crippen LogP) is 1.51. The Morgan fingerprint density at radius 1 is 1.36 bits per heavy atom. The van der Waals surface area contributed by atoms with Crippen LogP contribution < -0.4 is 9.79 Å². The summed E-state index contributed by atoms with van der Waals surface area (Å²) >= 11 is 7.28. The van der Waals surface area contributed by atoms with Crippen LogP contribution in [0, 0.1) is 12.8 Å². The maximum atomic E-state index is 9.29. The molecule has 0 amide bonds. The summed E-state index contributed by atoms with van der Waals surface area (Å²) in [4.78, 5) is 18.6. The van der Waals surface area contributed by atoms with E-state index in [1.807, 2.05) is 0 Å². The summed E-state index contributed by atoms with van der Waals surface area (Å²) in [6.07, 6.45) is 5.14.